The highest BCUT2D eigenvalue weighted by Gasteiger charge is 2.29. The highest BCUT2D eigenvalue weighted by Crippen LogP contribution is 2.29. The molecule has 0 aliphatic carbocycles. The molecule has 0 saturated carbocycles. The van der Waals surface area contributed by atoms with E-state index >= 15 is 0 Å². The number of benzene rings is 1. The van der Waals surface area contributed by atoms with Gasteiger partial charge < -0.3 is 9.47 Å². The third-order valence-corrected chi connectivity index (χ3v) is 5.41. The van der Waals surface area contributed by atoms with Gasteiger partial charge in [-0.2, -0.15) is 0 Å². The van der Waals surface area contributed by atoms with Crippen LogP contribution in [0.25, 0.3) is 0 Å². The van der Waals surface area contributed by atoms with Crippen LogP contribution in [0, 0.1) is 13.8 Å². The summed E-state index contributed by atoms with van der Waals surface area (Å²) in [5.41, 5.74) is 2.48. The molecule has 0 radical (unpaired) electrons. The highest BCUT2D eigenvalue weighted by molar-refractivity contribution is 5.59. The lowest BCUT2D eigenvalue weighted by Crippen LogP contribution is -2.49. The molecule has 3 heterocycles. The standard InChI is InChI=1S/C20H26N4O3/c1-14-15(2)21-20-23(16-6-8-17(26-3)9-7-16)12-22(13-24(20)19(14)25)11-18-5-4-10-27-18/h6-9,18H,4-5,10-13H2,1-3H3/t18-/m1/s1. The molecule has 0 bridgehead atoms. The molecule has 7 nitrogen and oxygen atoms in total. The number of rotatable bonds is 4. The summed E-state index contributed by atoms with van der Waals surface area (Å²) in [6, 6.07) is 7.86. The molecule has 1 saturated heterocycles. The summed E-state index contributed by atoms with van der Waals surface area (Å²) in [6.45, 7) is 6.58. The first-order valence-electron chi connectivity index (χ1n) is 9.40. The number of nitrogens with zero attached hydrogens (tertiary/aromatic N) is 4. The summed E-state index contributed by atoms with van der Waals surface area (Å²) in [4.78, 5) is 22.0. The van der Waals surface area contributed by atoms with Crippen LogP contribution in [-0.2, 0) is 11.4 Å². The molecule has 144 valence electrons. The van der Waals surface area contributed by atoms with Crippen LogP contribution < -0.4 is 15.2 Å². The van der Waals surface area contributed by atoms with Crippen LogP contribution in [0.5, 0.6) is 5.75 Å². The summed E-state index contributed by atoms with van der Waals surface area (Å²) in [5.74, 6) is 1.49. The van der Waals surface area contributed by atoms with E-state index in [9.17, 15) is 4.79 Å². The molecule has 1 aromatic heterocycles. The van der Waals surface area contributed by atoms with Crippen molar-refractivity contribution in [3.63, 3.8) is 0 Å². The van der Waals surface area contributed by atoms with Crippen molar-refractivity contribution in [1.29, 1.82) is 0 Å². The van der Waals surface area contributed by atoms with Gasteiger partial charge >= 0.3 is 0 Å². The van der Waals surface area contributed by atoms with Crippen molar-refractivity contribution in [2.45, 2.75) is 39.5 Å². The van der Waals surface area contributed by atoms with E-state index in [1.165, 1.54) is 0 Å². The maximum Gasteiger partial charge on any atom is 0.259 e. The molecular formula is C20H26N4O3. The monoisotopic (exact) mass is 370 g/mol. The molecule has 2 aromatic rings. The fraction of sp³-hybridized carbons (Fsp3) is 0.500. The topological polar surface area (TPSA) is 59.8 Å². The third kappa shape index (κ3) is 3.44. The lowest BCUT2D eigenvalue weighted by molar-refractivity contribution is 0.0584. The van der Waals surface area contributed by atoms with E-state index in [1.54, 1.807) is 11.7 Å². The van der Waals surface area contributed by atoms with Crippen molar-refractivity contribution in [2.75, 3.05) is 31.8 Å². The predicted octanol–water partition coefficient (Wildman–Crippen LogP) is 2.42. The Balaban J connectivity index is 1.72. The molecule has 0 unspecified atom stereocenters. The molecule has 0 spiro atoms. The van der Waals surface area contributed by atoms with E-state index in [0.717, 1.165) is 43.1 Å². The van der Waals surface area contributed by atoms with Gasteiger partial charge in [0.15, 0.2) is 0 Å². The number of aromatic nitrogens is 2. The lowest BCUT2D eigenvalue weighted by atomic mass is 10.2. The Morgan fingerprint density at radius 2 is 2.00 bits per heavy atom. The van der Waals surface area contributed by atoms with E-state index in [4.69, 9.17) is 14.5 Å². The van der Waals surface area contributed by atoms with Crippen molar-refractivity contribution in [2.24, 2.45) is 0 Å². The van der Waals surface area contributed by atoms with Crippen LogP contribution in [0.3, 0.4) is 0 Å². The average Bonchev–Trinajstić information content (AvgIpc) is 3.19. The SMILES string of the molecule is COc1ccc(N2CN(C[C@H]3CCCO3)Cn3c2nc(C)c(C)c3=O)cc1. The summed E-state index contributed by atoms with van der Waals surface area (Å²) < 4.78 is 12.9. The normalized spacial score (nSPS) is 20.0. The first-order valence-corrected chi connectivity index (χ1v) is 9.40. The second-order valence-electron chi connectivity index (χ2n) is 7.25. The number of hydrogen-bond acceptors (Lipinski definition) is 6. The third-order valence-electron chi connectivity index (χ3n) is 5.41. The fourth-order valence-corrected chi connectivity index (χ4v) is 3.73. The van der Waals surface area contributed by atoms with Gasteiger partial charge in [-0.3, -0.25) is 19.2 Å². The Morgan fingerprint density at radius 1 is 1.22 bits per heavy atom. The summed E-state index contributed by atoms with van der Waals surface area (Å²) in [6.07, 6.45) is 2.42. The zero-order valence-corrected chi connectivity index (χ0v) is 16.1. The van der Waals surface area contributed by atoms with Crippen LogP contribution in [0.2, 0.25) is 0 Å². The Kier molecular flexibility index (Phi) is 4.88. The Bertz CT molecular complexity index is 872. The molecule has 1 atom stereocenters. The van der Waals surface area contributed by atoms with Crippen LogP contribution in [0.15, 0.2) is 29.1 Å². The van der Waals surface area contributed by atoms with Gasteiger partial charge in [0, 0.05) is 30.1 Å². The van der Waals surface area contributed by atoms with E-state index in [2.05, 4.69) is 9.80 Å². The van der Waals surface area contributed by atoms with Gasteiger partial charge in [-0.25, -0.2) is 4.98 Å². The van der Waals surface area contributed by atoms with Gasteiger partial charge in [-0.1, -0.05) is 0 Å². The first-order chi connectivity index (χ1) is 13.1. The van der Waals surface area contributed by atoms with Crippen LogP contribution in [0.4, 0.5) is 11.6 Å². The molecule has 1 fully saturated rings. The Labute approximate surface area is 159 Å². The minimum absolute atomic E-state index is 0.0213. The first kappa shape index (κ1) is 18.0. The highest BCUT2D eigenvalue weighted by atomic mass is 16.5. The van der Waals surface area contributed by atoms with Crippen molar-refractivity contribution in [3.8, 4) is 5.75 Å². The zero-order chi connectivity index (χ0) is 19.0. The second kappa shape index (κ2) is 7.32. The summed E-state index contributed by atoms with van der Waals surface area (Å²) >= 11 is 0. The largest absolute Gasteiger partial charge is 0.497 e. The van der Waals surface area contributed by atoms with E-state index < -0.39 is 0 Å². The molecule has 2 aliphatic rings. The number of anilines is 2. The molecular weight excluding hydrogens is 344 g/mol. The molecule has 0 amide bonds. The van der Waals surface area contributed by atoms with Crippen LogP contribution >= 0.6 is 0 Å². The molecule has 4 rings (SSSR count). The number of ether oxygens (including phenoxy) is 2. The maximum atomic E-state index is 12.9. The molecule has 2 aliphatic heterocycles. The summed E-state index contributed by atoms with van der Waals surface area (Å²) in [7, 11) is 1.65. The van der Waals surface area contributed by atoms with Crippen molar-refractivity contribution in [1.82, 2.24) is 14.5 Å². The quantitative estimate of drug-likeness (QED) is 0.824. The van der Waals surface area contributed by atoms with Gasteiger partial charge in [0.05, 0.1) is 26.6 Å². The lowest BCUT2D eigenvalue weighted by Gasteiger charge is -2.39. The van der Waals surface area contributed by atoms with Gasteiger partial charge in [0.25, 0.3) is 5.56 Å². The summed E-state index contributed by atoms with van der Waals surface area (Å²) in [5, 5.41) is 0. The molecule has 1 aromatic carbocycles. The van der Waals surface area contributed by atoms with E-state index in [1.807, 2.05) is 38.1 Å². The molecule has 27 heavy (non-hydrogen) atoms. The molecule has 7 heteroatoms. The number of fused-ring (bicyclic) bond motifs is 1. The maximum absolute atomic E-state index is 12.9. The van der Waals surface area contributed by atoms with Crippen molar-refractivity contribution >= 4 is 11.6 Å². The van der Waals surface area contributed by atoms with Gasteiger partial charge in [-0.15, -0.1) is 0 Å². The average molecular weight is 370 g/mol. The van der Waals surface area contributed by atoms with E-state index in [0.29, 0.717) is 24.8 Å². The van der Waals surface area contributed by atoms with Crippen molar-refractivity contribution < 1.29 is 9.47 Å². The zero-order valence-electron chi connectivity index (χ0n) is 16.1. The van der Waals surface area contributed by atoms with Crippen LogP contribution in [0.1, 0.15) is 24.1 Å². The minimum Gasteiger partial charge on any atom is -0.497 e. The van der Waals surface area contributed by atoms with E-state index in [-0.39, 0.29) is 11.7 Å². The minimum atomic E-state index is 0.0213. The van der Waals surface area contributed by atoms with Gasteiger partial charge in [0.1, 0.15) is 5.75 Å². The number of hydrogen-bond donors (Lipinski definition) is 0. The van der Waals surface area contributed by atoms with Gasteiger partial charge in [0.2, 0.25) is 5.95 Å². The Hall–Kier alpha value is -2.38. The Morgan fingerprint density at radius 3 is 2.67 bits per heavy atom. The number of aryl methyl sites for hydroxylation is 1. The van der Waals surface area contributed by atoms with Gasteiger partial charge in [-0.05, 0) is 51.0 Å². The smallest absolute Gasteiger partial charge is 0.259 e. The fourth-order valence-electron chi connectivity index (χ4n) is 3.73. The predicted molar refractivity (Wildman–Crippen MR) is 104 cm³/mol. The van der Waals surface area contributed by atoms with Crippen molar-refractivity contribution in [3.05, 3.63) is 45.9 Å². The molecule has 0 N–H and O–H groups in total. The number of methoxy groups -OCH3 is 1. The van der Waals surface area contributed by atoms with Crippen LogP contribution in [-0.4, -0.2) is 47.5 Å². The second-order valence-corrected chi connectivity index (χ2v) is 7.25.